The Morgan fingerprint density at radius 3 is 2.71 bits per heavy atom. The highest BCUT2D eigenvalue weighted by Gasteiger charge is 2.22. The van der Waals surface area contributed by atoms with Gasteiger partial charge in [-0.3, -0.25) is 4.79 Å². The number of hydrogen-bond donors (Lipinski definition) is 3. The predicted octanol–water partition coefficient (Wildman–Crippen LogP) is 6.36. The Morgan fingerprint density at radius 2 is 1.91 bits per heavy atom. The van der Waals surface area contributed by atoms with Gasteiger partial charge in [-0.15, -0.1) is 0 Å². The molecule has 1 amide bonds. The number of amides is 1. The van der Waals surface area contributed by atoms with Gasteiger partial charge in [-0.1, -0.05) is 35.7 Å². The number of carbonyl (C=O) groups is 1. The number of H-pyrrole nitrogens is 1. The molecular weight excluding hydrogens is 469 g/mol. The number of carbonyl (C=O) groups excluding carboxylic acids is 1. The van der Waals surface area contributed by atoms with E-state index in [0.29, 0.717) is 28.3 Å². The van der Waals surface area contributed by atoms with Crippen molar-refractivity contribution >= 4 is 46.1 Å². The van der Waals surface area contributed by atoms with Gasteiger partial charge in [-0.2, -0.15) is 0 Å². The number of halogens is 2. The molecule has 4 rings (SSSR count). The van der Waals surface area contributed by atoms with Crippen molar-refractivity contribution in [3.8, 4) is 5.75 Å². The van der Waals surface area contributed by atoms with Gasteiger partial charge in [0.25, 0.3) is 0 Å². The van der Waals surface area contributed by atoms with E-state index in [2.05, 4.69) is 21.4 Å². The molecule has 34 heavy (non-hydrogen) atoms. The van der Waals surface area contributed by atoms with E-state index in [-0.39, 0.29) is 5.91 Å². The van der Waals surface area contributed by atoms with E-state index in [1.807, 2.05) is 12.1 Å². The molecule has 1 aromatic heterocycles. The van der Waals surface area contributed by atoms with E-state index in [4.69, 9.17) is 23.2 Å². The zero-order valence-electron chi connectivity index (χ0n) is 19.2. The Kier molecular flexibility index (Phi) is 8.54. The molecule has 3 N–H and O–H groups in total. The third-order valence-electron chi connectivity index (χ3n) is 6.55. The second-order valence-corrected chi connectivity index (χ2v) is 9.76. The molecule has 180 valence electrons. The van der Waals surface area contributed by atoms with Crippen LogP contribution in [0, 0.1) is 0 Å². The predicted molar refractivity (Wildman–Crippen MR) is 141 cm³/mol. The summed E-state index contributed by atoms with van der Waals surface area (Å²) in [4.78, 5) is 17.8. The molecule has 2 heterocycles. The molecule has 5 nitrogen and oxygen atoms in total. The second kappa shape index (κ2) is 11.8. The number of likely N-dealkylation sites (tertiary alicyclic amines) is 1. The Hall–Kier alpha value is -2.47. The van der Waals surface area contributed by atoms with Crippen molar-refractivity contribution < 1.29 is 9.90 Å². The zero-order valence-corrected chi connectivity index (χ0v) is 20.7. The fraction of sp³-hybridized carbons (Fsp3) is 0.370. The lowest BCUT2D eigenvalue weighted by Gasteiger charge is -2.32. The van der Waals surface area contributed by atoms with Crippen LogP contribution in [-0.2, 0) is 4.79 Å². The number of unbranched alkanes of at least 4 members (excludes halogenated alkanes) is 2. The number of aromatic hydroxyl groups is 1. The van der Waals surface area contributed by atoms with Crippen LogP contribution in [0.4, 0.5) is 0 Å². The summed E-state index contributed by atoms with van der Waals surface area (Å²) >= 11 is 11.9. The number of hydrogen-bond acceptors (Lipinski definition) is 3. The molecule has 0 atom stereocenters. The van der Waals surface area contributed by atoms with E-state index in [9.17, 15) is 9.90 Å². The maximum absolute atomic E-state index is 12.0. The molecule has 0 radical (unpaired) electrons. The Balaban J connectivity index is 1.10. The molecule has 0 unspecified atom stereocenters. The molecule has 1 aliphatic rings. The van der Waals surface area contributed by atoms with Crippen LogP contribution in [0.15, 0.2) is 48.7 Å². The molecule has 0 bridgehead atoms. The number of benzene rings is 2. The Bertz CT molecular complexity index is 1150. The standard InChI is InChI=1S/C27H31Cl2N3O2/c28-24-8-4-19(16-25(24)29)5-9-27(34)30-12-2-1-3-13-32-14-10-20(11-15-32)23-18-31-26-17-21(33)6-7-22(23)26/h4-9,16-18,20,31,33H,1-3,10-15H2,(H,30,34)/b9-5+. The largest absolute Gasteiger partial charge is 0.508 e. The van der Waals surface area contributed by atoms with Crippen molar-refractivity contribution in [3.63, 3.8) is 0 Å². The fourth-order valence-corrected chi connectivity index (χ4v) is 4.94. The maximum Gasteiger partial charge on any atom is 0.243 e. The van der Waals surface area contributed by atoms with Crippen LogP contribution >= 0.6 is 23.2 Å². The first-order valence-corrected chi connectivity index (χ1v) is 12.7. The minimum atomic E-state index is -0.0966. The molecule has 1 fully saturated rings. The number of piperidine rings is 1. The van der Waals surface area contributed by atoms with Crippen molar-refractivity contribution in [1.82, 2.24) is 15.2 Å². The molecule has 0 aliphatic carbocycles. The van der Waals surface area contributed by atoms with Gasteiger partial charge in [0.15, 0.2) is 0 Å². The van der Waals surface area contributed by atoms with E-state index in [1.54, 1.807) is 30.3 Å². The van der Waals surface area contributed by atoms with Crippen LogP contribution < -0.4 is 5.32 Å². The third-order valence-corrected chi connectivity index (χ3v) is 7.28. The first-order valence-electron chi connectivity index (χ1n) is 11.9. The minimum Gasteiger partial charge on any atom is -0.508 e. The number of aromatic nitrogens is 1. The number of rotatable bonds is 9. The highest BCUT2D eigenvalue weighted by Crippen LogP contribution is 2.34. The van der Waals surface area contributed by atoms with Crippen LogP contribution in [-0.4, -0.2) is 47.1 Å². The summed E-state index contributed by atoms with van der Waals surface area (Å²) in [5.41, 5.74) is 3.23. The number of nitrogens with one attached hydrogen (secondary N) is 2. The molecule has 1 saturated heterocycles. The third kappa shape index (κ3) is 6.56. The quantitative estimate of drug-likeness (QED) is 0.237. The maximum atomic E-state index is 12.0. The fourth-order valence-electron chi connectivity index (χ4n) is 4.64. The van der Waals surface area contributed by atoms with Crippen LogP contribution in [0.1, 0.15) is 49.1 Å². The van der Waals surface area contributed by atoms with Crippen LogP contribution in [0.2, 0.25) is 10.0 Å². The van der Waals surface area contributed by atoms with E-state index in [1.165, 1.54) is 17.0 Å². The molecular formula is C27H31Cl2N3O2. The topological polar surface area (TPSA) is 68.4 Å². The van der Waals surface area contributed by atoms with Crippen molar-refractivity contribution in [2.75, 3.05) is 26.2 Å². The van der Waals surface area contributed by atoms with Gasteiger partial charge in [0.2, 0.25) is 5.91 Å². The lowest BCUT2D eigenvalue weighted by molar-refractivity contribution is -0.116. The van der Waals surface area contributed by atoms with Gasteiger partial charge in [0.05, 0.1) is 10.0 Å². The van der Waals surface area contributed by atoms with Crippen LogP contribution in [0.5, 0.6) is 5.75 Å². The van der Waals surface area contributed by atoms with Crippen molar-refractivity contribution in [2.24, 2.45) is 0 Å². The van der Waals surface area contributed by atoms with E-state index >= 15 is 0 Å². The van der Waals surface area contributed by atoms with Crippen LogP contribution in [0.25, 0.3) is 17.0 Å². The zero-order chi connectivity index (χ0) is 23.9. The Morgan fingerprint density at radius 1 is 1.09 bits per heavy atom. The molecule has 2 aromatic carbocycles. The number of nitrogens with zero attached hydrogens (tertiary/aromatic N) is 1. The van der Waals surface area contributed by atoms with Gasteiger partial charge in [-0.25, -0.2) is 0 Å². The average molecular weight is 500 g/mol. The summed E-state index contributed by atoms with van der Waals surface area (Å²) in [5.74, 6) is 0.775. The first-order chi connectivity index (χ1) is 16.5. The summed E-state index contributed by atoms with van der Waals surface area (Å²) in [6.45, 7) is 4.03. The SMILES string of the molecule is O=C(/C=C/c1ccc(Cl)c(Cl)c1)NCCCCCN1CCC(c2c[nH]c3cc(O)ccc23)CC1. The number of phenolic OH excluding ortho intramolecular Hbond substituents is 1. The van der Waals surface area contributed by atoms with Gasteiger partial charge in [0.1, 0.15) is 5.75 Å². The van der Waals surface area contributed by atoms with Gasteiger partial charge in [-0.05, 0) is 92.7 Å². The summed E-state index contributed by atoms with van der Waals surface area (Å²) in [6.07, 6.45) is 10.9. The normalized spacial score (nSPS) is 15.4. The first kappa shape index (κ1) is 24.6. The summed E-state index contributed by atoms with van der Waals surface area (Å²) in [7, 11) is 0. The summed E-state index contributed by atoms with van der Waals surface area (Å²) in [5, 5.41) is 14.8. The van der Waals surface area contributed by atoms with Gasteiger partial charge in [0, 0.05) is 35.8 Å². The van der Waals surface area contributed by atoms with E-state index in [0.717, 1.165) is 62.8 Å². The van der Waals surface area contributed by atoms with Crippen molar-refractivity contribution in [3.05, 3.63) is 69.8 Å². The highest BCUT2D eigenvalue weighted by molar-refractivity contribution is 6.42. The summed E-state index contributed by atoms with van der Waals surface area (Å²) < 4.78 is 0. The average Bonchev–Trinajstić information content (AvgIpc) is 3.25. The molecule has 0 saturated carbocycles. The molecule has 0 spiro atoms. The van der Waals surface area contributed by atoms with Crippen molar-refractivity contribution in [1.29, 1.82) is 0 Å². The Labute approximate surface area is 210 Å². The number of fused-ring (bicyclic) bond motifs is 1. The summed E-state index contributed by atoms with van der Waals surface area (Å²) in [6, 6.07) is 10.9. The number of aromatic amines is 1. The smallest absolute Gasteiger partial charge is 0.243 e. The monoisotopic (exact) mass is 499 g/mol. The van der Waals surface area contributed by atoms with Gasteiger partial charge >= 0.3 is 0 Å². The molecule has 1 aliphatic heterocycles. The van der Waals surface area contributed by atoms with Gasteiger partial charge < -0.3 is 20.3 Å². The minimum absolute atomic E-state index is 0.0966. The van der Waals surface area contributed by atoms with Crippen molar-refractivity contribution in [2.45, 2.75) is 38.0 Å². The highest BCUT2D eigenvalue weighted by atomic mass is 35.5. The number of phenols is 1. The molecule has 7 heteroatoms. The molecule has 3 aromatic rings. The van der Waals surface area contributed by atoms with Crippen LogP contribution in [0.3, 0.4) is 0 Å². The van der Waals surface area contributed by atoms with E-state index < -0.39 is 0 Å². The lowest BCUT2D eigenvalue weighted by Crippen LogP contribution is -2.33. The lowest BCUT2D eigenvalue weighted by atomic mass is 9.89. The second-order valence-electron chi connectivity index (χ2n) is 8.95.